The molecule has 1 heterocycles. The van der Waals surface area contributed by atoms with Gasteiger partial charge < -0.3 is 20.3 Å². The van der Waals surface area contributed by atoms with E-state index in [1.54, 1.807) is 25.3 Å². The number of carbonyl (C=O) groups is 2. The summed E-state index contributed by atoms with van der Waals surface area (Å²) in [6.45, 7) is 1.79. The number of imidazole rings is 1. The molecule has 0 bridgehead atoms. The first kappa shape index (κ1) is 37.6. The third-order valence-electron chi connectivity index (χ3n) is 7.79. The van der Waals surface area contributed by atoms with Crippen LogP contribution in [0.1, 0.15) is 52.6 Å². The zero-order valence-corrected chi connectivity index (χ0v) is 27.6. The van der Waals surface area contributed by atoms with Crippen molar-refractivity contribution in [2.75, 3.05) is 20.3 Å². The number of nitrogens with one attached hydrogen (secondary N) is 1. The molecular weight excluding hydrogens is 700 g/mol. The number of aromatic nitrogens is 2. The largest absolute Gasteiger partial charge is 0.495 e. The van der Waals surface area contributed by atoms with Crippen LogP contribution < -0.4 is 10.1 Å². The number of hydrogen-bond donors (Lipinski definition) is 3. The first-order chi connectivity index (χ1) is 23.1. The Bertz CT molecular complexity index is 1810. The van der Waals surface area contributed by atoms with Crippen LogP contribution >= 0.6 is 23.4 Å². The molecule has 5 rings (SSSR count). The lowest BCUT2D eigenvalue weighted by molar-refractivity contribution is -0.192. The van der Waals surface area contributed by atoms with E-state index in [0.29, 0.717) is 28.0 Å². The van der Waals surface area contributed by atoms with Gasteiger partial charge in [0.25, 0.3) is 5.91 Å². The van der Waals surface area contributed by atoms with Crippen molar-refractivity contribution >= 4 is 35.2 Å². The molecule has 0 aliphatic heterocycles. The van der Waals surface area contributed by atoms with Gasteiger partial charge in [0.1, 0.15) is 23.2 Å². The molecule has 3 N–H and O–H groups in total. The van der Waals surface area contributed by atoms with E-state index in [2.05, 4.69) is 12.2 Å². The second kappa shape index (κ2) is 15.6. The van der Waals surface area contributed by atoms with Gasteiger partial charge in [-0.25, -0.2) is 22.9 Å². The van der Waals surface area contributed by atoms with Crippen molar-refractivity contribution in [1.29, 1.82) is 0 Å². The first-order valence-electron chi connectivity index (χ1n) is 14.6. The number of nitrogens with zero attached hydrogens (tertiary/aromatic N) is 2. The van der Waals surface area contributed by atoms with E-state index in [4.69, 9.17) is 36.3 Å². The maximum absolute atomic E-state index is 15.1. The van der Waals surface area contributed by atoms with E-state index >= 15 is 8.78 Å². The molecule has 0 saturated carbocycles. The molecule has 0 spiro atoms. The number of aliphatic hydroxyl groups excluding tert-OH is 1. The number of rotatable bonds is 9. The summed E-state index contributed by atoms with van der Waals surface area (Å²) in [4.78, 5) is 26.0. The predicted molar refractivity (Wildman–Crippen MR) is 170 cm³/mol. The first-order valence-corrected chi connectivity index (χ1v) is 16.0. The second-order valence-corrected chi connectivity index (χ2v) is 12.4. The quantitative estimate of drug-likeness (QED) is 0.123. The van der Waals surface area contributed by atoms with E-state index < -0.39 is 35.1 Å². The molecule has 0 radical (unpaired) electrons. The number of thioether (sulfide) groups is 1. The van der Waals surface area contributed by atoms with Crippen molar-refractivity contribution < 1.29 is 50.9 Å². The number of amides is 1. The number of aliphatic hydroxyl groups is 1. The molecule has 1 aliphatic rings. The van der Waals surface area contributed by atoms with Crippen molar-refractivity contribution in [3.05, 3.63) is 105 Å². The Morgan fingerprint density at radius 2 is 1.71 bits per heavy atom. The molecule has 4 aromatic rings. The lowest BCUT2D eigenvalue weighted by atomic mass is 9.71. The van der Waals surface area contributed by atoms with Crippen molar-refractivity contribution in [2.45, 2.75) is 48.7 Å². The molecule has 1 aromatic heterocycles. The summed E-state index contributed by atoms with van der Waals surface area (Å²) < 4.78 is 83.2. The van der Waals surface area contributed by atoms with Gasteiger partial charge in [0, 0.05) is 34.5 Å². The van der Waals surface area contributed by atoms with E-state index in [1.165, 1.54) is 12.1 Å². The minimum Gasteiger partial charge on any atom is -0.495 e. The third kappa shape index (κ3) is 8.51. The van der Waals surface area contributed by atoms with Gasteiger partial charge in [0.2, 0.25) is 0 Å². The fraction of sp³-hybridized carbons (Fsp3) is 0.303. The Hall–Kier alpha value is -4.21. The molecule has 1 aliphatic carbocycles. The molecule has 0 fully saturated rings. The van der Waals surface area contributed by atoms with Gasteiger partial charge >= 0.3 is 12.1 Å². The van der Waals surface area contributed by atoms with Gasteiger partial charge in [-0.3, -0.25) is 9.36 Å². The Balaban J connectivity index is 0.000000698. The number of carbonyl (C=O) groups excluding carboxylic acids is 1. The number of ether oxygens (including phenoxy) is 1. The van der Waals surface area contributed by atoms with Crippen LogP contribution in [0, 0.1) is 17.5 Å². The van der Waals surface area contributed by atoms with Crippen molar-refractivity contribution in [2.24, 2.45) is 0 Å². The summed E-state index contributed by atoms with van der Waals surface area (Å²) in [7, 11) is 1.56. The highest BCUT2D eigenvalue weighted by molar-refractivity contribution is 7.98. The van der Waals surface area contributed by atoms with Crippen molar-refractivity contribution in [3.8, 4) is 11.4 Å². The van der Waals surface area contributed by atoms with Crippen molar-refractivity contribution in [3.63, 3.8) is 0 Å². The number of hydrogen-bond acceptors (Lipinski definition) is 6. The van der Waals surface area contributed by atoms with E-state index in [-0.39, 0.29) is 35.8 Å². The van der Waals surface area contributed by atoms with Gasteiger partial charge in [-0.2, -0.15) is 13.2 Å². The average Bonchev–Trinajstić information content (AvgIpc) is 3.43. The summed E-state index contributed by atoms with van der Waals surface area (Å²) in [5, 5.41) is 19.4. The summed E-state index contributed by atoms with van der Waals surface area (Å²) in [5.41, 5.74) is 2.49. The summed E-state index contributed by atoms with van der Waals surface area (Å²) in [6.07, 6.45) is -2.72. The highest BCUT2D eigenvalue weighted by Crippen LogP contribution is 2.47. The topological polar surface area (TPSA) is 114 Å². The van der Waals surface area contributed by atoms with Crippen molar-refractivity contribution in [1.82, 2.24) is 14.9 Å². The number of aliphatic carboxylic acids is 1. The van der Waals surface area contributed by atoms with Crippen LogP contribution in [-0.2, 0) is 22.4 Å². The maximum atomic E-state index is 15.1. The fourth-order valence-electron chi connectivity index (χ4n) is 5.40. The second-order valence-electron chi connectivity index (χ2n) is 11.0. The highest BCUT2D eigenvalue weighted by Gasteiger charge is 2.40. The summed E-state index contributed by atoms with van der Waals surface area (Å²) in [6, 6.07) is 13.7. The number of carboxylic acids is 1. The molecule has 262 valence electrons. The van der Waals surface area contributed by atoms with Gasteiger partial charge in [0.15, 0.2) is 5.16 Å². The number of fused-ring (bicyclic) bond motifs is 1. The van der Waals surface area contributed by atoms with Gasteiger partial charge in [-0.05, 0) is 80.3 Å². The molecule has 49 heavy (non-hydrogen) atoms. The summed E-state index contributed by atoms with van der Waals surface area (Å²) >= 11 is 7.48. The fourth-order valence-corrected chi connectivity index (χ4v) is 6.65. The molecule has 0 saturated heterocycles. The predicted octanol–water partition coefficient (Wildman–Crippen LogP) is 7.24. The Morgan fingerprint density at radius 1 is 1.08 bits per heavy atom. The Kier molecular flexibility index (Phi) is 11.9. The van der Waals surface area contributed by atoms with E-state index in [0.717, 1.165) is 53.7 Å². The van der Waals surface area contributed by atoms with Gasteiger partial charge in [-0.1, -0.05) is 29.4 Å². The normalized spacial score (nSPS) is 15.6. The molecule has 16 heteroatoms. The van der Waals surface area contributed by atoms with Crippen LogP contribution in [0.2, 0.25) is 5.02 Å². The molecule has 8 nitrogen and oxygen atoms in total. The van der Waals surface area contributed by atoms with E-state index in [1.807, 2.05) is 16.7 Å². The van der Waals surface area contributed by atoms with Gasteiger partial charge in [0.05, 0.1) is 30.1 Å². The molecule has 3 aromatic carbocycles. The average molecular weight is 730 g/mol. The monoisotopic (exact) mass is 729 g/mol. The lowest BCUT2D eigenvalue weighted by Crippen LogP contribution is -2.31. The number of halogens is 7. The zero-order chi connectivity index (χ0) is 36.1. The Labute approximate surface area is 286 Å². The van der Waals surface area contributed by atoms with Crippen LogP contribution in [0.4, 0.5) is 26.3 Å². The zero-order valence-electron chi connectivity index (χ0n) is 26.0. The standard InChI is InChI=1S/C31H29ClF3N3O3S.C2HF3O2/c1-31(19-5-10-23(32)27(16-19)41-2)11-3-4-26-28(31)38(21-8-6-20(33)7-9-21)30(37-26)42-17-22-24(34)14-18(15-25(22)35)29(40)36-12-13-39;3-2(4,5)1(6)7/h5-10,14-16,39H,3-4,11-13,17H2,1-2H3,(H,36,40);(H,6,7). The molecule has 1 unspecified atom stereocenters. The van der Waals surface area contributed by atoms with Crippen LogP contribution in [0.3, 0.4) is 0 Å². The molecule has 1 atom stereocenters. The maximum Gasteiger partial charge on any atom is 0.490 e. The Morgan fingerprint density at radius 3 is 2.29 bits per heavy atom. The third-order valence-corrected chi connectivity index (χ3v) is 9.07. The van der Waals surface area contributed by atoms with Crippen LogP contribution in [-0.4, -0.2) is 58.1 Å². The van der Waals surface area contributed by atoms with Crippen LogP contribution in [0.15, 0.2) is 59.8 Å². The van der Waals surface area contributed by atoms with Crippen LogP contribution in [0.25, 0.3) is 5.69 Å². The lowest BCUT2D eigenvalue weighted by Gasteiger charge is -2.36. The number of carboxylic acid groups (broad SMARTS) is 1. The molecular formula is C33H30ClF6N3O5S. The number of alkyl halides is 3. The minimum atomic E-state index is -5.08. The van der Waals surface area contributed by atoms with E-state index in [9.17, 15) is 22.4 Å². The van der Waals surface area contributed by atoms with Gasteiger partial charge in [-0.15, -0.1) is 0 Å². The summed E-state index contributed by atoms with van der Waals surface area (Å²) in [5.74, 6) is -5.10. The number of benzene rings is 3. The number of aryl methyl sites for hydroxylation is 1. The van der Waals surface area contributed by atoms with Crippen LogP contribution in [0.5, 0.6) is 5.75 Å². The minimum absolute atomic E-state index is 0.0297. The SMILES string of the molecule is COc1cc(C2(C)CCCc3nc(SCc4c(F)cc(C(=O)NCCO)cc4F)n(-c4ccc(F)cc4)c32)ccc1Cl.O=C(O)C(F)(F)F. The highest BCUT2D eigenvalue weighted by atomic mass is 35.5. The molecule has 1 amide bonds. The number of methoxy groups -OCH3 is 1. The smallest absolute Gasteiger partial charge is 0.490 e.